The predicted molar refractivity (Wildman–Crippen MR) is 154 cm³/mol. The predicted octanol–water partition coefficient (Wildman–Crippen LogP) is 1.50. The highest BCUT2D eigenvalue weighted by Crippen LogP contribution is 2.58. The molecule has 4 N–H and O–H groups in total. The fourth-order valence-corrected chi connectivity index (χ4v) is 8.02. The summed E-state index contributed by atoms with van der Waals surface area (Å²) in [4.78, 5) is 20.4. The minimum Gasteiger partial charge on any atom is -0.397 e. The number of rotatable bonds is 2. The van der Waals surface area contributed by atoms with E-state index in [4.69, 9.17) is 39.0 Å². The summed E-state index contributed by atoms with van der Waals surface area (Å²) in [7, 11) is -2.95. The van der Waals surface area contributed by atoms with Crippen molar-refractivity contribution in [1.29, 1.82) is 0 Å². The van der Waals surface area contributed by atoms with E-state index < -0.39 is 76.7 Å². The number of anilines is 2. The molecule has 10 atom stereocenters. The maximum absolute atomic E-state index is 16.0. The van der Waals surface area contributed by atoms with Crippen LogP contribution in [0.1, 0.15) is 12.5 Å². The molecule has 23 heteroatoms. The largest absolute Gasteiger partial charge is 0.397 e. The molecule has 0 spiro atoms. The number of hydrogen-bond donors (Lipinski definition) is 3. The lowest BCUT2D eigenvalue weighted by atomic mass is 10.1. The summed E-state index contributed by atoms with van der Waals surface area (Å²) in [6, 6.07) is 1.53. The van der Waals surface area contributed by atoms with Gasteiger partial charge in [-0.25, -0.2) is 38.3 Å². The van der Waals surface area contributed by atoms with Crippen LogP contribution in [0.15, 0.2) is 31.2 Å². The Morgan fingerprint density at radius 2 is 1.45 bits per heavy atom. The topological polar surface area (TPSA) is 216 Å². The molecule has 0 bridgehead atoms. The summed E-state index contributed by atoms with van der Waals surface area (Å²) < 4.78 is 95.2. The minimum absolute atomic E-state index is 0.0633. The van der Waals surface area contributed by atoms with Crippen molar-refractivity contribution in [3.8, 4) is 0 Å². The number of fused-ring (bicyclic) bond motifs is 4. The van der Waals surface area contributed by atoms with Crippen molar-refractivity contribution in [3.63, 3.8) is 0 Å². The first kappa shape index (κ1) is 29.9. The van der Waals surface area contributed by atoms with Crippen molar-refractivity contribution in [1.82, 2.24) is 34.1 Å². The monoisotopic (exact) mass is 673 g/mol. The van der Waals surface area contributed by atoms with Gasteiger partial charge in [-0.1, -0.05) is 12.2 Å². The molecule has 0 radical (unpaired) electrons. The van der Waals surface area contributed by atoms with E-state index in [1.165, 1.54) is 40.4 Å². The molecule has 4 aromatic rings. The summed E-state index contributed by atoms with van der Waals surface area (Å²) in [5.74, 6) is 0.0633. The zero-order valence-corrected chi connectivity index (χ0v) is 25.3. The van der Waals surface area contributed by atoms with Gasteiger partial charge < -0.3 is 30.0 Å². The van der Waals surface area contributed by atoms with Gasteiger partial charge in [-0.2, -0.15) is 0 Å². The molecule has 7 heterocycles. The Morgan fingerprint density at radius 1 is 0.864 bits per heavy atom. The van der Waals surface area contributed by atoms with E-state index in [0.29, 0.717) is 11.2 Å². The Hall–Kier alpha value is -2.74. The van der Waals surface area contributed by atoms with Gasteiger partial charge in [0.15, 0.2) is 41.9 Å². The van der Waals surface area contributed by atoms with Gasteiger partial charge in [0.1, 0.15) is 41.8 Å². The molecule has 17 nitrogen and oxygen atoms in total. The summed E-state index contributed by atoms with van der Waals surface area (Å²) in [6.07, 6.45) is -7.32. The molecule has 0 saturated carbocycles. The summed E-state index contributed by atoms with van der Waals surface area (Å²) in [5, 5.41) is 0. The number of aromatic nitrogens is 7. The van der Waals surface area contributed by atoms with Gasteiger partial charge >= 0.3 is 6.80 Å². The number of pyridine rings is 1. The van der Waals surface area contributed by atoms with Gasteiger partial charge in [-0.05, 0) is 6.07 Å². The third-order valence-electron chi connectivity index (χ3n) is 7.40. The van der Waals surface area contributed by atoms with Crippen LogP contribution in [-0.4, -0.2) is 91.6 Å². The smallest absolute Gasteiger partial charge is 0.386 e. The van der Waals surface area contributed by atoms with Gasteiger partial charge in [-0.15, -0.1) is 0 Å². The van der Waals surface area contributed by atoms with E-state index in [9.17, 15) is 9.13 Å². The number of imidazole rings is 2. The molecule has 3 aliphatic heterocycles. The van der Waals surface area contributed by atoms with Crippen LogP contribution in [0.4, 0.5) is 20.3 Å². The first-order valence-electron chi connectivity index (χ1n) is 13.1. The second kappa shape index (κ2) is 11.0. The molecule has 4 aromatic heterocycles. The number of thiol groups is 1. The van der Waals surface area contributed by atoms with Crippen molar-refractivity contribution in [2.75, 3.05) is 24.7 Å². The highest BCUT2D eigenvalue weighted by atomic mass is 32.7. The quantitative estimate of drug-likeness (QED) is 0.156. The van der Waals surface area contributed by atoms with Crippen molar-refractivity contribution >= 4 is 67.9 Å². The molecule has 0 aromatic carbocycles. The molecular weight excluding hydrogens is 649 g/mol. The van der Waals surface area contributed by atoms with Gasteiger partial charge in [0.05, 0.1) is 31.6 Å². The SMILES string of the molecule is B[P@@]1(=O)OC[C@H]2O[C@@H](n3cnc4c(N)ncnc43)[C@H](F)[C@@H]2O[P@@](=O)(S)OCC2O[C@@H](n3cnc4c(N)ccnc43)[C@H](F)[C@@H]2O1. The van der Waals surface area contributed by atoms with E-state index in [1.807, 2.05) is 0 Å². The summed E-state index contributed by atoms with van der Waals surface area (Å²) >= 11 is 4.01. The lowest BCUT2D eigenvalue weighted by molar-refractivity contribution is -0.0546. The normalized spacial score (nSPS) is 38.2. The fourth-order valence-electron chi connectivity index (χ4n) is 5.36. The van der Waals surface area contributed by atoms with Crippen LogP contribution in [0.2, 0.25) is 0 Å². The van der Waals surface area contributed by atoms with Crippen LogP contribution >= 0.6 is 26.5 Å². The highest BCUT2D eigenvalue weighted by molar-refractivity contribution is 8.44. The average molecular weight is 673 g/mol. The third-order valence-corrected chi connectivity index (χ3v) is 10.3. The van der Waals surface area contributed by atoms with E-state index >= 15 is 8.78 Å². The molecule has 3 fully saturated rings. The van der Waals surface area contributed by atoms with Crippen LogP contribution in [-0.2, 0) is 36.7 Å². The first-order valence-corrected chi connectivity index (χ1v) is 17.8. The Kier molecular flexibility index (Phi) is 7.46. The number of ether oxygens (including phenoxy) is 2. The van der Waals surface area contributed by atoms with Gasteiger partial charge in [0, 0.05) is 6.20 Å². The molecule has 3 aliphatic rings. The second-order valence-corrected chi connectivity index (χ2v) is 15.2. The van der Waals surface area contributed by atoms with Gasteiger partial charge in [-0.3, -0.25) is 22.7 Å². The van der Waals surface area contributed by atoms with Crippen molar-refractivity contribution in [2.45, 2.75) is 49.2 Å². The standard InChI is InChI=1S/C21H24BF2N9O8P2S/c22-42(34)36-3-9-16(12(24)21(38-9)33-7-31-14-17(26)28-5-29-19(14)33)41-43(35,44)37-4-10-15(40-42)11(23)20(39-10)32-6-30-13-8(25)1-2-27-18(13)32/h1-2,5-7,9-12,15-16,20-21H,3-4,22H2,(H2,25,27)(H,35,44)(H2,26,28,29)/t9-,10?,11-,12-,15-,16-,20-,21-,42-,43+/m1/s1. The highest BCUT2D eigenvalue weighted by Gasteiger charge is 2.54. The van der Waals surface area contributed by atoms with Crippen LogP contribution < -0.4 is 11.5 Å². The molecule has 234 valence electrons. The molecule has 1 unspecified atom stereocenters. The number of nitrogens with zero attached hydrogens (tertiary/aromatic N) is 7. The summed E-state index contributed by atoms with van der Waals surface area (Å²) in [5.41, 5.74) is 13.0. The number of nitrogen functional groups attached to an aromatic ring is 2. The Labute approximate surface area is 252 Å². The van der Waals surface area contributed by atoms with Crippen LogP contribution in [0.3, 0.4) is 0 Å². The molecule has 3 saturated heterocycles. The number of halogens is 2. The van der Waals surface area contributed by atoms with E-state index in [1.54, 1.807) is 0 Å². The lowest BCUT2D eigenvalue weighted by Crippen LogP contribution is -2.37. The van der Waals surface area contributed by atoms with Crippen LogP contribution in [0.5, 0.6) is 0 Å². The molecule has 44 heavy (non-hydrogen) atoms. The van der Waals surface area contributed by atoms with E-state index in [-0.39, 0.29) is 22.6 Å². The minimum atomic E-state index is -4.36. The van der Waals surface area contributed by atoms with Gasteiger partial charge in [0.25, 0.3) is 15.0 Å². The van der Waals surface area contributed by atoms with Gasteiger partial charge in [0.2, 0.25) is 0 Å². The van der Waals surface area contributed by atoms with Crippen LogP contribution in [0.25, 0.3) is 22.3 Å². The van der Waals surface area contributed by atoms with E-state index in [2.05, 4.69) is 37.2 Å². The maximum Gasteiger partial charge on any atom is 0.386 e. The van der Waals surface area contributed by atoms with Crippen molar-refractivity contribution in [2.24, 2.45) is 0 Å². The second-order valence-electron chi connectivity index (χ2n) is 10.3. The fraction of sp³-hybridized carbons (Fsp3) is 0.476. The Balaban J connectivity index is 1.17. The first-order chi connectivity index (χ1) is 20.9. The summed E-state index contributed by atoms with van der Waals surface area (Å²) in [6.45, 7) is -5.53. The molecule has 0 amide bonds. The Bertz CT molecular complexity index is 1710. The number of alkyl halides is 2. The zero-order valence-electron chi connectivity index (χ0n) is 22.6. The van der Waals surface area contributed by atoms with Crippen LogP contribution in [0, 0.1) is 0 Å². The van der Waals surface area contributed by atoms with E-state index in [0.717, 1.165) is 7.57 Å². The molecular formula is C21H24BF2N9O8P2S. The van der Waals surface area contributed by atoms with Crippen molar-refractivity contribution < 1.29 is 45.5 Å². The molecule has 0 aliphatic carbocycles. The Morgan fingerprint density at radius 3 is 2.14 bits per heavy atom. The molecule has 7 rings (SSSR count). The number of nitrogens with two attached hydrogens (primary N) is 2. The zero-order chi connectivity index (χ0) is 31.0. The maximum atomic E-state index is 16.0. The third kappa shape index (κ3) is 5.19. The van der Waals surface area contributed by atoms with Crippen molar-refractivity contribution in [3.05, 3.63) is 31.2 Å². The number of hydrogen-bond acceptors (Lipinski definition) is 15. The lowest BCUT2D eigenvalue weighted by Gasteiger charge is -2.29. The average Bonchev–Trinajstić information content (AvgIpc) is 3.73.